The molecule has 0 atom stereocenters. The molecule has 0 unspecified atom stereocenters. The third-order valence-corrected chi connectivity index (χ3v) is 7.91. The first kappa shape index (κ1) is 25.1. The molecule has 2 heterocycles. The molecule has 0 amide bonds. The first-order chi connectivity index (χ1) is 20.2. The van der Waals surface area contributed by atoms with Crippen LogP contribution in [0.4, 0.5) is 15.8 Å². The van der Waals surface area contributed by atoms with E-state index in [0.29, 0.717) is 31.3 Å². The quantitative estimate of drug-likeness (QED) is 0.182. The fraction of sp³-hybridized carbons (Fsp3) is 0.114. The standard InChI is InChI=1S/C35H29FN4O/c36-31-18-16-25(22-33(31)39-20-21-41-24-39)34-30-23-29(37)17-19-32(30)40(38-34)35(26-10-4-1-5-11-26,27-12-6-2-7-13-27)28-14-8-3-9-15-28/h1-19,22-23H,20-21,24,37H2. The number of aromatic nitrogens is 2. The average Bonchev–Trinajstić information content (AvgIpc) is 3.69. The predicted molar refractivity (Wildman–Crippen MR) is 162 cm³/mol. The predicted octanol–water partition coefficient (Wildman–Crippen LogP) is 7.06. The summed E-state index contributed by atoms with van der Waals surface area (Å²) in [6.45, 7) is 1.58. The Morgan fingerprint density at radius 3 is 1.90 bits per heavy atom. The van der Waals surface area contributed by atoms with Crippen LogP contribution in [0.2, 0.25) is 0 Å². The minimum absolute atomic E-state index is 0.283. The summed E-state index contributed by atoms with van der Waals surface area (Å²) in [5.41, 5.74) is 12.4. The maximum atomic E-state index is 15.0. The number of nitrogens with two attached hydrogens (primary N) is 1. The van der Waals surface area contributed by atoms with Gasteiger partial charge in [0.05, 0.1) is 17.8 Å². The van der Waals surface area contributed by atoms with Gasteiger partial charge in [0.1, 0.15) is 23.8 Å². The number of nitrogens with zero attached hydrogens (tertiary/aromatic N) is 3. The lowest BCUT2D eigenvalue weighted by molar-refractivity contribution is 0.201. The largest absolute Gasteiger partial charge is 0.399 e. The van der Waals surface area contributed by atoms with E-state index >= 15 is 4.39 Å². The summed E-state index contributed by atoms with van der Waals surface area (Å²) >= 11 is 0. The molecule has 6 heteroatoms. The molecule has 1 fully saturated rings. The Hall–Kier alpha value is -4.94. The van der Waals surface area contributed by atoms with E-state index < -0.39 is 5.54 Å². The summed E-state index contributed by atoms with van der Waals surface area (Å²) in [5, 5.41) is 6.28. The molecule has 0 spiro atoms. The second-order valence-electron chi connectivity index (χ2n) is 10.3. The van der Waals surface area contributed by atoms with Crippen LogP contribution in [0.15, 0.2) is 127 Å². The van der Waals surface area contributed by atoms with Crippen molar-refractivity contribution < 1.29 is 9.13 Å². The minimum Gasteiger partial charge on any atom is -0.399 e. The molecule has 1 aliphatic rings. The molecule has 0 saturated carbocycles. The van der Waals surface area contributed by atoms with Crippen LogP contribution in [-0.4, -0.2) is 29.7 Å². The Bertz CT molecular complexity index is 1720. The normalized spacial score (nSPS) is 13.6. The first-order valence-corrected chi connectivity index (χ1v) is 13.7. The van der Waals surface area contributed by atoms with Gasteiger partial charge in [-0.05, 0) is 53.1 Å². The van der Waals surface area contributed by atoms with Crippen LogP contribution in [0.1, 0.15) is 16.7 Å². The van der Waals surface area contributed by atoms with E-state index in [4.69, 9.17) is 15.6 Å². The number of fused-ring (bicyclic) bond motifs is 1. The molecular formula is C35H29FN4O. The van der Waals surface area contributed by atoms with Gasteiger partial charge in [-0.3, -0.25) is 0 Å². The van der Waals surface area contributed by atoms with Crippen LogP contribution in [0.25, 0.3) is 22.2 Å². The summed E-state index contributed by atoms with van der Waals surface area (Å²) in [7, 11) is 0. The highest BCUT2D eigenvalue weighted by Gasteiger charge is 2.41. The number of anilines is 2. The van der Waals surface area contributed by atoms with Gasteiger partial charge in [-0.2, -0.15) is 5.10 Å². The Labute approximate surface area is 238 Å². The lowest BCUT2D eigenvalue weighted by Crippen LogP contribution is -2.38. The van der Waals surface area contributed by atoms with Crippen LogP contribution in [-0.2, 0) is 10.3 Å². The van der Waals surface area contributed by atoms with Gasteiger partial charge in [-0.15, -0.1) is 0 Å². The number of nitrogen functional groups attached to an aromatic ring is 1. The van der Waals surface area contributed by atoms with Gasteiger partial charge in [0.15, 0.2) is 0 Å². The zero-order chi connectivity index (χ0) is 27.8. The lowest BCUT2D eigenvalue weighted by atomic mass is 9.77. The molecule has 41 heavy (non-hydrogen) atoms. The molecule has 1 aliphatic heterocycles. The molecule has 202 valence electrons. The number of hydrogen-bond acceptors (Lipinski definition) is 4. The van der Waals surface area contributed by atoms with Gasteiger partial charge < -0.3 is 15.4 Å². The van der Waals surface area contributed by atoms with Crippen molar-refractivity contribution in [1.29, 1.82) is 0 Å². The van der Waals surface area contributed by atoms with E-state index in [1.165, 1.54) is 6.07 Å². The van der Waals surface area contributed by atoms with Crippen LogP contribution in [0.5, 0.6) is 0 Å². The van der Waals surface area contributed by atoms with E-state index in [2.05, 4.69) is 77.5 Å². The monoisotopic (exact) mass is 540 g/mol. The zero-order valence-electron chi connectivity index (χ0n) is 22.5. The van der Waals surface area contributed by atoms with Crippen molar-refractivity contribution in [2.45, 2.75) is 5.54 Å². The summed E-state index contributed by atoms with van der Waals surface area (Å²) in [6, 6.07) is 42.4. The Morgan fingerprint density at radius 1 is 0.732 bits per heavy atom. The van der Waals surface area contributed by atoms with Crippen molar-refractivity contribution >= 4 is 22.3 Å². The minimum atomic E-state index is -0.804. The van der Waals surface area contributed by atoms with Crippen LogP contribution in [0.3, 0.4) is 0 Å². The second kappa shape index (κ2) is 10.2. The van der Waals surface area contributed by atoms with E-state index in [1.807, 2.05) is 47.4 Å². The van der Waals surface area contributed by atoms with E-state index in [1.54, 1.807) is 6.07 Å². The van der Waals surface area contributed by atoms with Crippen molar-refractivity contribution in [2.75, 3.05) is 30.5 Å². The van der Waals surface area contributed by atoms with Crippen LogP contribution in [0, 0.1) is 5.82 Å². The van der Waals surface area contributed by atoms with Gasteiger partial charge >= 0.3 is 0 Å². The summed E-state index contributed by atoms with van der Waals surface area (Å²) < 4.78 is 22.7. The highest BCUT2D eigenvalue weighted by atomic mass is 19.1. The average molecular weight is 541 g/mol. The van der Waals surface area contributed by atoms with Crippen molar-refractivity contribution in [3.8, 4) is 11.3 Å². The van der Waals surface area contributed by atoms with Gasteiger partial charge in [-0.1, -0.05) is 91.0 Å². The molecular weight excluding hydrogens is 511 g/mol. The van der Waals surface area contributed by atoms with Crippen molar-refractivity contribution in [3.05, 3.63) is 150 Å². The maximum Gasteiger partial charge on any atom is 0.146 e. The summed E-state index contributed by atoms with van der Waals surface area (Å²) in [5.74, 6) is -0.283. The molecule has 0 radical (unpaired) electrons. The zero-order valence-corrected chi connectivity index (χ0v) is 22.5. The SMILES string of the molecule is Nc1ccc2c(c1)c(-c1ccc(F)c(N3CCOC3)c1)nn2C(c1ccccc1)(c1ccccc1)c1ccccc1. The second-order valence-corrected chi connectivity index (χ2v) is 10.3. The van der Waals surface area contributed by atoms with Crippen molar-refractivity contribution in [3.63, 3.8) is 0 Å². The molecule has 7 rings (SSSR count). The number of benzene rings is 5. The maximum absolute atomic E-state index is 15.0. The van der Waals surface area contributed by atoms with Crippen LogP contribution >= 0.6 is 0 Å². The molecule has 1 saturated heterocycles. The van der Waals surface area contributed by atoms with Gasteiger partial charge in [0.25, 0.3) is 0 Å². The summed E-state index contributed by atoms with van der Waals surface area (Å²) in [6.07, 6.45) is 0. The topological polar surface area (TPSA) is 56.3 Å². The molecule has 5 aromatic carbocycles. The third kappa shape index (κ3) is 4.15. The Morgan fingerprint density at radius 2 is 1.34 bits per heavy atom. The highest BCUT2D eigenvalue weighted by molar-refractivity contribution is 5.96. The first-order valence-electron chi connectivity index (χ1n) is 13.7. The number of hydrogen-bond donors (Lipinski definition) is 1. The van der Waals surface area contributed by atoms with Crippen LogP contribution < -0.4 is 10.6 Å². The molecule has 0 bridgehead atoms. The molecule has 1 aromatic heterocycles. The number of halogens is 1. The highest BCUT2D eigenvalue weighted by Crippen LogP contribution is 2.44. The van der Waals surface area contributed by atoms with Gasteiger partial charge in [0.2, 0.25) is 0 Å². The number of rotatable bonds is 6. The molecule has 5 nitrogen and oxygen atoms in total. The van der Waals surface area contributed by atoms with Crippen molar-refractivity contribution in [1.82, 2.24) is 9.78 Å². The van der Waals surface area contributed by atoms with Gasteiger partial charge in [-0.25, -0.2) is 9.07 Å². The molecule has 0 aliphatic carbocycles. The fourth-order valence-corrected chi connectivity index (χ4v) is 6.02. The van der Waals surface area contributed by atoms with E-state index in [-0.39, 0.29) is 5.82 Å². The number of ether oxygens (including phenoxy) is 1. The Kier molecular flexibility index (Phi) is 6.25. The van der Waals surface area contributed by atoms with Crippen molar-refractivity contribution in [2.24, 2.45) is 0 Å². The smallest absolute Gasteiger partial charge is 0.146 e. The van der Waals surface area contributed by atoms with E-state index in [9.17, 15) is 0 Å². The third-order valence-electron chi connectivity index (χ3n) is 7.91. The van der Waals surface area contributed by atoms with Gasteiger partial charge in [0, 0.05) is 23.2 Å². The Balaban J connectivity index is 1.57. The summed E-state index contributed by atoms with van der Waals surface area (Å²) in [4.78, 5) is 1.91. The molecule has 2 N–H and O–H groups in total. The fourth-order valence-electron chi connectivity index (χ4n) is 6.02. The van der Waals surface area contributed by atoms with E-state index in [0.717, 1.165) is 38.9 Å². The lowest BCUT2D eigenvalue weighted by Gasteiger charge is -2.37. The molecule has 6 aromatic rings.